The minimum absolute atomic E-state index is 0.490. The number of rotatable bonds is 6. The number of pyridine rings is 2. The first-order chi connectivity index (χ1) is 15.7. The van der Waals surface area contributed by atoms with Crippen molar-refractivity contribution in [2.75, 3.05) is 11.9 Å². The highest BCUT2D eigenvalue weighted by Gasteiger charge is 2.09. The molecule has 2 aromatic heterocycles. The molecule has 0 saturated heterocycles. The Morgan fingerprint density at radius 2 is 1.12 bits per heavy atom. The Labute approximate surface area is 189 Å². The first-order valence-corrected chi connectivity index (χ1v) is 11.0. The number of nitrogens with zero attached hydrogens (tertiary/aromatic N) is 2. The predicted octanol–water partition coefficient (Wildman–Crippen LogP) is 5.28. The Balaban J connectivity index is 1.26. The van der Waals surface area contributed by atoms with Gasteiger partial charge in [0.05, 0.1) is 0 Å². The molecule has 1 N–H and O–H groups in total. The van der Waals surface area contributed by atoms with Crippen molar-refractivity contribution in [2.45, 2.75) is 0 Å². The van der Waals surface area contributed by atoms with Gasteiger partial charge in [-0.15, -0.1) is 0 Å². The number of benzene rings is 2. The van der Waals surface area contributed by atoms with Gasteiger partial charge < -0.3 is 5.32 Å². The van der Waals surface area contributed by atoms with Gasteiger partial charge in [-0.05, 0) is 46.5 Å². The van der Waals surface area contributed by atoms with Crippen molar-refractivity contribution in [2.24, 2.45) is 13.0 Å². The highest BCUT2D eigenvalue weighted by molar-refractivity contribution is 5.67. The molecule has 1 aliphatic carbocycles. The number of anilines is 1. The fourth-order valence-electron chi connectivity index (χ4n) is 3.94. The third kappa shape index (κ3) is 4.52. The first-order valence-electron chi connectivity index (χ1n) is 11.0. The molecule has 0 amide bonds. The largest absolute Gasteiger partial charge is 0.384 e. The lowest BCUT2D eigenvalue weighted by atomic mass is 10.0. The summed E-state index contributed by atoms with van der Waals surface area (Å²) >= 11 is 0. The molecule has 0 atom stereocenters. The van der Waals surface area contributed by atoms with Crippen LogP contribution in [0.1, 0.15) is 0 Å². The van der Waals surface area contributed by atoms with Gasteiger partial charge >= 0.3 is 0 Å². The van der Waals surface area contributed by atoms with E-state index in [1.807, 2.05) is 11.6 Å². The molecule has 0 spiro atoms. The van der Waals surface area contributed by atoms with Crippen molar-refractivity contribution in [1.29, 1.82) is 0 Å². The Morgan fingerprint density at radius 1 is 0.625 bits per heavy atom. The first kappa shape index (κ1) is 20.0. The van der Waals surface area contributed by atoms with Gasteiger partial charge in [0.2, 0.25) is 5.69 Å². The number of allylic oxidation sites excluding steroid dienone is 2. The van der Waals surface area contributed by atoms with Crippen molar-refractivity contribution in [3.63, 3.8) is 0 Å². The van der Waals surface area contributed by atoms with Crippen LogP contribution < -0.4 is 14.5 Å². The second-order valence-electron chi connectivity index (χ2n) is 8.19. The van der Waals surface area contributed by atoms with Crippen molar-refractivity contribution in [1.82, 2.24) is 0 Å². The number of aromatic nitrogens is 2. The molecule has 0 bridgehead atoms. The minimum Gasteiger partial charge on any atom is -0.384 e. The third-order valence-electron chi connectivity index (χ3n) is 5.89. The number of aryl methyl sites for hydroxylation is 1. The summed E-state index contributed by atoms with van der Waals surface area (Å²) < 4.78 is 4.19. The normalized spacial score (nSPS) is 12.9. The average Bonchev–Trinajstić information content (AvgIpc) is 3.38. The van der Waals surface area contributed by atoms with Crippen LogP contribution in [0.4, 0.5) is 5.69 Å². The van der Waals surface area contributed by atoms with Crippen LogP contribution in [0.25, 0.3) is 27.9 Å². The van der Waals surface area contributed by atoms with Crippen LogP contribution in [0, 0.1) is 5.92 Å². The van der Waals surface area contributed by atoms with E-state index in [1.54, 1.807) is 0 Å². The molecule has 5 rings (SSSR count). The predicted molar refractivity (Wildman–Crippen MR) is 130 cm³/mol. The van der Waals surface area contributed by atoms with E-state index in [2.05, 4.69) is 132 Å². The fourth-order valence-corrected chi connectivity index (χ4v) is 3.94. The maximum absolute atomic E-state index is 3.51. The molecule has 0 fully saturated rings. The van der Waals surface area contributed by atoms with E-state index in [0.717, 1.165) is 17.9 Å². The average molecular weight is 418 g/mol. The lowest BCUT2D eigenvalue weighted by Crippen LogP contribution is -2.29. The second kappa shape index (κ2) is 9.03. The zero-order valence-corrected chi connectivity index (χ0v) is 18.2. The molecule has 4 aromatic rings. The summed E-state index contributed by atoms with van der Waals surface area (Å²) in [6, 6.07) is 26.0. The van der Waals surface area contributed by atoms with Gasteiger partial charge in [-0.3, -0.25) is 0 Å². The SMILES string of the molecule is C[n+]1ccc(-c2cc[n+](-c3ccc(-c4ccc(NCC5C=CC=C5)cc4)cc3)cc2)cc1. The molecular weight excluding hydrogens is 390 g/mol. The zero-order chi connectivity index (χ0) is 21.8. The fraction of sp³-hybridized carbons (Fsp3) is 0.103. The summed E-state index contributed by atoms with van der Waals surface area (Å²) in [4.78, 5) is 0. The van der Waals surface area contributed by atoms with E-state index in [4.69, 9.17) is 0 Å². The van der Waals surface area contributed by atoms with E-state index in [9.17, 15) is 0 Å². The minimum atomic E-state index is 0.490. The standard InChI is InChI=1S/C29H26N3/c1-31-18-14-26(15-19-31)27-16-20-32(21-17-27)29-12-8-25(9-13-29)24-6-10-28(11-7-24)30-22-23-4-2-3-5-23/h2-21,23H,22H2,1H3/q+1/p+1. The molecule has 0 unspecified atom stereocenters. The van der Waals surface area contributed by atoms with E-state index >= 15 is 0 Å². The molecule has 32 heavy (non-hydrogen) atoms. The molecule has 2 aromatic carbocycles. The number of hydrogen-bond acceptors (Lipinski definition) is 1. The van der Waals surface area contributed by atoms with Gasteiger partial charge in [-0.25, -0.2) is 4.57 Å². The molecule has 3 heteroatoms. The molecule has 156 valence electrons. The third-order valence-corrected chi connectivity index (χ3v) is 5.89. The van der Waals surface area contributed by atoms with Gasteiger partial charge in [0.25, 0.3) is 0 Å². The number of nitrogens with one attached hydrogen (secondary N) is 1. The molecule has 0 saturated carbocycles. The molecule has 0 radical (unpaired) electrons. The Hall–Kier alpha value is -3.98. The van der Waals surface area contributed by atoms with Crippen LogP contribution in [0.15, 0.2) is 122 Å². The second-order valence-corrected chi connectivity index (χ2v) is 8.19. The van der Waals surface area contributed by atoms with E-state index in [1.165, 1.54) is 22.3 Å². The molecular formula is C29H27N3+2. The quantitative estimate of drug-likeness (QED) is 0.423. The molecule has 0 aliphatic heterocycles. The van der Waals surface area contributed by atoms with Crippen LogP contribution >= 0.6 is 0 Å². The smallest absolute Gasteiger partial charge is 0.210 e. The van der Waals surface area contributed by atoms with Crippen molar-refractivity contribution < 1.29 is 9.13 Å². The summed E-state index contributed by atoms with van der Waals surface area (Å²) in [7, 11) is 2.03. The topological polar surface area (TPSA) is 19.8 Å². The van der Waals surface area contributed by atoms with Gasteiger partial charge in [0.15, 0.2) is 24.8 Å². The maximum Gasteiger partial charge on any atom is 0.210 e. The highest BCUT2D eigenvalue weighted by atomic mass is 14.9. The van der Waals surface area contributed by atoms with Crippen LogP contribution in [0.3, 0.4) is 0 Å². The Bertz CT molecular complexity index is 1220. The van der Waals surface area contributed by atoms with Gasteiger partial charge in [-0.2, -0.15) is 4.57 Å². The highest BCUT2D eigenvalue weighted by Crippen LogP contribution is 2.23. The van der Waals surface area contributed by atoms with E-state index < -0.39 is 0 Å². The summed E-state index contributed by atoms with van der Waals surface area (Å²) in [6.45, 7) is 0.930. The van der Waals surface area contributed by atoms with Crippen molar-refractivity contribution in [3.05, 3.63) is 122 Å². The summed E-state index contributed by atoms with van der Waals surface area (Å²) in [5.74, 6) is 0.490. The van der Waals surface area contributed by atoms with Crippen LogP contribution in [-0.4, -0.2) is 6.54 Å². The summed E-state index contributed by atoms with van der Waals surface area (Å²) in [5, 5.41) is 3.51. The maximum atomic E-state index is 3.51. The lowest BCUT2D eigenvalue weighted by Gasteiger charge is -2.10. The summed E-state index contributed by atoms with van der Waals surface area (Å²) in [6.07, 6.45) is 17.0. The van der Waals surface area contributed by atoms with E-state index in [0.29, 0.717) is 5.92 Å². The Kier molecular flexibility index (Phi) is 5.63. The molecule has 1 aliphatic rings. The number of hydrogen-bond donors (Lipinski definition) is 1. The summed E-state index contributed by atoms with van der Waals surface area (Å²) in [5.41, 5.74) is 7.18. The van der Waals surface area contributed by atoms with Gasteiger partial charge in [0, 0.05) is 54.5 Å². The van der Waals surface area contributed by atoms with Crippen LogP contribution in [-0.2, 0) is 7.05 Å². The van der Waals surface area contributed by atoms with Crippen molar-refractivity contribution in [3.8, 4) is 27.9 Å². The van der Waals surface area contributed by atoms with Crippen LogP contribution in [0.2, 0.25) is 0 Å². The van der Waals surface area contributed by atoms with Crippen LogP contribution in [0.5, 0.6) is 0 Å². The van der Waals surface area contributed by atoms with Gasteiger partial charge in [0.1, 0.15) is 7.05 Å². The van der Waals surface area contributed by atoms with Gasteiger partial charge in [-0.1, -0.05) is 36.4 Å². The molecule has 3 nitrogen and oxygen atoms in total. The molecule has 2 heterocycles. The van der Waals surface area contributed by atoms with Crippen molar-refractivity contribution >= 4 is 5.69 Å². The van der Waals surface area contributed by atoms with E-state index in [-0.39, 0.29) is 0 Å². The lowest BCUT2D eigenvalue weighted by molar-refractivity contribution is -0.671. The monoisotopic (exact) mass is 417 g/mol. The Morgan fingerprint density at radius 3 is 1.72 bits per heavy atom. The zero-order valence-electron chi connectivity index (χ0n) is 18.2.